The summed E-state index contributed by atoms with van der Waals surface area (Å²) in [6.45, 7) is 6.93. The van der Waals surface area contributed by atoms with Crippen molar-refractivity contribution in [3.05, 3.63) is 41.6 Å². The summed E-state index contributed by atoms with van der Waals surface area (Å²) in [5, 5.41) is 2.83. The van der Waals surface area contributed by atoms with Crippen molar-refractivity contribution < 1.29 is 4.79 Å². The van der Waals surface area contributed by atoms with Crippen LogP contribution in [0.3, 0.4) is 0 Å². The van der Waals surface area contributed by atoms with Gasteiger partial charge in [0.25, 0.3) is 0 Å². The van der Waals surface area contributed by atoms with Crippen molar-refractivity contribution in [3.63, 3.8) is 0 Å². The fraction of sp³-hybridized carbons (Fsp3) is 0.438. The van der Waals surface area contributed by atoms with Gasteiger partial charge in [-0.05, 0) is 18.6 Å². The molecular weight excluding hydrogens is 264 g/mol. The molecule has 2 amide bonds. The largest absolute Gasteiger partial charge is 0.329 e. The number of piperazine rings is 1. The number of nitrogens with two attached hydrogens (primary N) is 1. The van der Waals surface area contributed by atoms with Crippen LogP contribution >= 0.6 is 0 Å². The second kappa shape index (κ2) is 7.81. The Bertz CT molecular complexity index is 476. The Morgan fingerprint density at radius 2 is 1.90 bits per heavy atom. The molecule has 0 aromatic heterocycles. The number of amides is 2. The standard InChI is InChI=1S/C16H24N4O/c1-14-2-4-15(5-3-14)6-8-18-16(21)20-12-10-19(9-7-17)11-13-20/h2-6,8H,7,9-13,17H2,1H3,(H,18,21)/b8-6+. The van der Waals surface area contributed by atoms with E-state index in [0.717, 1.165) is 38.3 Å². The fourth-order valence-corrected chi connectivity index (χ4v) is 2.34. The van der Waals surface area contributed by atoms with Crippen molar-refractivity contribution in [2.45, 2.75) is 6.92 Å². The Hall–Kier alpha value is -1.85. The van der Waals surface area contributed by atoms with E-state index in [0.29, 0.717) is 6.54 Å². The molecule has 2 rings (SSSR count). The summed E-state index contributed by atoms with van der Waals surface area (Å²) in [7, 11) is 0. The van der Waals surface area contributed by atoms with Gasteiger partial charge < -0.3 is 16.0 Å². The van der Waals surface area contributed by atoms with Crippen molar-refractivity contribution in [2.75, 3.05) is 39.3 Å². The summed E-state index contributed by atoms with van der Waals surface area (Å²) in [5.41, 5.74) is 7.85. The fourth-order valence-electron chi connectivity index (χ4n) is 2.34. The van der Waals surface area contributed by atoms with Gasteiger partial charge in [-0.3, -0.25) is 4.90 Å². The topological polar surface area (TPSA) is 61.6 Å². The van der Waals surface area contributed by atoms with Gasteiger partial charge >= 0.3 is 6.03 Å². The minimum Gasteiger partial charge on any atom is -0.329 e. The Balaban J connectivity index is 1.76. The molecule has 0 unspecified atom stereocenters. The van der Waals surface area contributed by atoms with Crippen LogP contribution in [0, 0.1) is 6.92 Å². The molecule has 1 fully saturated rings. The lowest BCUT2D eigenvalue weighted by Gasteiger charge is -2.34. The normalized spacial score (nSPS) is 16.4. The Labute approximate surface area is 126 Å². The lowest BCUT2D eigenvalue weighted by atomic mass is 10.1. The predicted molar refractivity (Wildman–Crippen MR) is 85.8 cm³/mol. The second-order valence-corrected chi connectivity index (χ2v) is 5.31. The molecule has 1 heterocycles. The molecule has 5 heteroatoms. The van der Waals surface area contributed by atoms with Crippen molar-refractivity contribution >= 4 is 12.1 Å². The van der Waals surface area contributed by atoms with Crippen LogP contribution in [0.4, 0.5) is 4.79 Å². The zero-order valence-electron chi connectivity index (χ0n) is 12.6. The van der Waals surface area contributed by atoms with Crippen molar-refractivity contribution in [1.82, 2.24) is 15.1 Å². The van der Waals surface area contributed by atoms with Crippen LogP contribution in [0.25, 0.3) is 6.08 Å². The number of nitrogens with one attached hydrogen (secondary N) is 1. The van der Waals surface area contributed by atoms with Gasteiger partial charge in [-0.25, -0.2) is 4.79 Å². The first-order chi connectivity index (χ1) is 10.2. The molecule has 21 heavy (non-hydrogen) atoms. The molecule has 0 atom stereocenters. The van der Waals surface area contributed by atoms with E-state index < -0.39 is 0 Å². The summed E-state index contributed by atoms with van der Waals surface area (Å²) < 4.78 is 0. The lowest BCUT2D eigenvalue weighted by Crippen LogP contribution is -2.51. The molecule has 0 saturated carbocycles. The molecule has 1 aliphatic heterocycles. The highest BCUT2D eigenvalue weighted by atomic mass is 16.2. The Kier molecular flexibility index (Phi) is 5.78. The van der Waals surface area contributed by atoms with Crippen LogP contribution in [0.15, 0.2) is 30.5 Å². The maximum atomic E-state index is 12.0. The second-order valence-electron chi connectivity index (χ2n) is 5.31. The molecule has 1 aliphatic rings. The molecule has 114 valence electrons. The average molecular weight is 288 g/mol. The highest BCUT2D eigenvalue weighted by Gasteiger charge is 2.19. The first kappa shape index (κ1) is 15.5. The zero-order valence-corrected chi connectivity index (χ0v) is 12.6. The summed E-state index contributed by atoms with van der Waals surface area (Å²) in [6, 6.07) is 8.13. The Morgan fingerprint density at radius 3 is 2.52 bits per heavy atom. The number of benzene rings is 1. The van der Waals surface area contributed by atoms with E-state index in [1.165, 1.54) is 5.56 Å². The van der Waals surface area contributed by atoms with Crippen LogP contribution < -0.4 is 11.1 Å². The van der Waals surface area contributed by atoms with E-state index >= 15 is 0 Å². The van der Waals surface area contributed by atoms with Crippen LogP contribution in [0.1, 0.15) is 11.1 Å². The third-order valence-corrected chi connectivity index (χ3v) is 3.66. The lowest BCUT2D eigenvalue weighted by molar-refractivity contribution is 0.143. The number of carbonyl (C=O) groups excluding carboxylic acids is 1. The third-order valence-electron chi connectivity index (χ3n) is 3.66. The summed E-state index contributed by atoms with van der Waals surface area (Å²) in [6.07, 6.45) is 3.61. The molecule has 0 bridgehead atoms. The third kappa shape index (κ3) is 4.88. The summed E-state index contributed by atoms with van der Waals surface area (Å²) in [4.78, 5) is 16.2. The van der Waals surface area contributed by atoms with Gasteiger partial charge in [0.2, 0.25) is 0 Å². The van der Waals surface area contributed by atoms with Crippen LogP contribution in [0.2, 0.25) is 0 Å². The number of nitrogens with zero attached hydrogens (tertiary/aromatic N) is 2. The molecule has 0 radical (unpaired) electrons. The van der Waals surface area contributed by atoms with Gasteiger partial charge in [-0.1, -0.05) is 29.8 Å². The molecular formula is C16H24N4O. The smallest absolute Gasteiger partial charge is 0.321 e. The van der Waals surface area contributed by atoms with E-state index in [9.17, 15) is 4.79 Å². The number of urea groups is 1. The van der Waals surface area contributed by atoms with Gasteiger partial charge in [0.15, 0.2) is 0 Å². The maximum Gasteiger partial charge on any atom is 0.321 e. The van der Waals surface area contributed by atoms with E-state index in [2.05, 4.69) is 29.3 Å². The number of aryl methyl sites for hydroxylation is 1. The van der Waals surface area contributed by atoms with E-state index in [1.807, 2.05) is 23.1 Å². The molecule has 1 aromatic carbocycles. The SMILES string of the molecule is Cc1ccc(/C=C/NC(=O)N2CCN(CCN)CC2)cc1. The van der Waals surface area contributed by atoms with Gasteiger partial charge in [0.05, 0.1) is 0 Å². The number of rotatable bonds is 4. The van der Waals surface area contributed by atoms with Crippen LogP contribution in [0.5, 0.6) is 0 Å². The summed E-state index contributed by atoms with van der Waals surface area (Å²) in [5.74, 6) is 0. The van der Waals surface area contributed by atoms with Crippen molar-refractivity contribution in [1.29, 1.82) is 0 Å². The highest BCUT2D eigenvalue weighted by Crippen LogP contribution is 2.05. The van der Waals surface area contributed by atoms with Crippen LogP contribution in [-0.2, 0) is 0 Å². The van der Waals surface area contributed by atoms with Crippen LogP contribution in [-0.4, -0.2) is 55.1 Å². The highest BCUT2D eigenvalue weighted by molar-refractivity contribution is 5.76. The van der Waals surface area contributed by atoms with Gasteiger partial charge in [-0.2, -0.15) is 0 Å². The molecule has 1 aromatic rings. The van der Waals surface area contributed by atoms with Gasteiger partial charge in [0, 0.05) is 45.5 Å². The zero-order chi connectivity index (χ0) is 15.1. The van der Waals surface area contributed by atoms with E-state index in [4.69, 9.17) is 5.73 Å². The predicted octanol–water partition coefficient (Wildman–Crippen LogP) is 1.25. The number of hydrogen-bond acceptors (Lipinski definition) is 3. The minimum absolute atomic E-state index is 0.0363. The first-order valence-electron chi connectivity index (χ1n) is 7.40. The maximum absolute atomic E-state index is 12.0. The monoisotopic (exact) mass is 288 g/mol. The summed E-state index contributed by atoms with van der Waals surface area (Å²) >= 11 is 0. The van der Waals surface area contributed by atoms with E-state index in [1.54, 1.807) is 6.20 Å². The number of carbonyl (C=O) groups is 1. The van der Waals surface area contributed by atoms with Crippen molar-refractivity contribution in [3.8, 4) is 0 Å². The molecule has 0 spiro atoms. The number of hydrogen-bond donors (Lipinski definition) is 2. The Morgan fingerprint density at radius 1 is 1.24 bits per heavy atom. The minimum atomic E-state index is -0.0363. The molecule has 1 saturated heterocycles. The first-order valence-corrected chi connectivity index (χ1v) is 7.40. The van der Waals surface area contributed by atoms with Gasteiger partial charge in [-0.15, -0.1) is 0 Å². The van der Waals surface area contributed by atoms with E-state index in [-0.39, 0.29) is 6.03 Å². The molecule has 0 aliphatic carbocycles. The quantitative estimate of drug-likeness (QED) is 0.876. The molecule has 3 N–H and O–H groups in total. The average Bonchev–Trinajstić information content (AvgIpc) is 2.50. The van der Waals surface area contributed by atoms with Gasteiger partial charge in [0.1, 0.15) is 0 Å². The van der Waals surface area contributed by atoms with Crippen molar-refractivity contribution in [2.24, 2.45) is 5.73 Å². The molecule has 5 nitrogen and oxygen atoms in total.